The SMILES string of the molecule is C[N-]Cc1nc(C)nc(N2CCN(C)CC2)c1CO. The van der Waals surface area contributed by atoms with Crippen LogP contribution in [0.2, 0.25) is 0 Å². The fraction of sp³-hybridized carbons (Fsp3) is 0.692. The van der Waals surface area contributed by atoms with Crippen molar-refractivity contribution in [1.29, 1.82) is 0 Å². The van der Waals surface area contributed by atoms with Crippen molar-refractivity contribution >= 4 is 5.82 Å². The van der Waals surface area contributed by atoms with Crippen LogP contribution in [0.1, 0.15) is 17.1 Å². The van der Waals surface area contributed by atoms with E-state index in [0.717, 1.165) is 49.1 Å². The van der Waals surface area contributed by atoms with E-state index in [1.807, 2.05) is 6.92 Å². The summed E-state index contributed by atoms with van der Waals surface area (Å²) in [5.74, 6) is 1.62. The number of nitrogens with zero attached hydrogens (tertiary/aromatic N) is 5. The van der Waals surface area contributed by atoms with Crippen molar-refractivity contribution in [2.24, 2.45) is 0 Å². The summed E-state index contributed by atoms with van der Waals surface area (Å²) in [4.78, 5) is 13.5. The zero-order valence-corrected chi connectivity index (χ0v) is 11.9. The molecule has 1 fully saturated rings. The summed E-state index contributed by atoms with van der Waals surface area (Å²) in [7, 11) is 3.88. The fourth-order valence-corrected chi connectivity index (χ4v) is 2.36. The minimum Gasteiger partial charge on any atom is -0.660 e. The van der Waals surface area contributed by atoms with Crippen LogP contribution < -0.4 is 4.90 Å². The topological polar surface area (TPSA) is 66.6 Å². The van der Waals surface area contributed by atoms with Crippen LogP contribution in [0.4, 0.5) is 5.82 Å². The number of aromatic nitrogens is 2. The number of aryl methyl sites for hydroxylation is 1. The Morgan fingerprint density at radius 3 is 2.47 bits per heavy atom. The van der Waals surface area contributed by atoms with Gasteiger partial charge in [-0.15, -0.1) is 6.54 Å². The van der Waals surface area contributed by atoms with E-state index in [1.54, 1.807) is 7.05 Å². The van der Waals surface area contributed by atoms with Crippen molar-refractivity contribution in [1.82, 2.24) is 14.9 Å². The highest BCUT2D eigenvalue weighted by Gasteiger charge is 2.20. The summed E-state index contributed by atoms with van der Waals surface area (Å²) in [5.41, 5.74) is 1.66. The molecule has 1 aromatic heterocycles. The Morgan fingerprint density at radius 1 is 1.21 bits per heavy atom. The van der Waals surface area contributed by atoms with E-state index in [9.17, 15) is 5.11 Å². The molecule has 0 aliphatic carbocycles. The normalized spacial score (nSPS) is 16.9. The highest BCUT2D eigenvalue weighted by Crippen LogP contribution is 2.23. The Bertz CT molecular complexity index is 429. The van der Waals surface area contributed by atoms with Gasteiger partial charge < -0.3 is 20.2 Å². The number of aliphatic hydroxyl groups excluding tert-OH is 1. The minimum atomic E-state index is -0.0349. The maximum atomic E-state index is 9.64. The Morgan fingerprint density at radius 2 is 1.89 bits per heavy atom. The number of hydrogen-bond acceptors (Lipinski definition) is 5. The van der Waals surface area contributed by atoms with Gasteiger partial charge in [-0.05, 0) is 14.0 Å². The van der Waals surface area contributed by atoms with E-state index in [1.165, 1.54) is 0 Å². The summed E-state index contributed by atoms with van der Waals surface area (Å²) in [5, 5.41) is 13.8. The summed E-state index contributed by atoms with van der Waals surface area (Å²) >= 11 is 0. The van der Waals surface area contributed by atoms with E-state index in [4.69, 9.17) is 0 Å². The summed E-state index contributed by atoms with van der Waals surface area (Å²) in [6.07, 6.45) is 0. The number of hydrogen-bond donors (Lipinski definition) is 1. The lowest BCUT2D eigenvalue weighted by molar-refractivity contribution is 0.277. The van der Waals surface area contributed by atoms with Gasteiger partial charge in [0.1, 0.15) is 11.6 Å². The first kappa shape index (κ1) is 14.2. The van der Waals surface area contributed by atoms with Crippen LogP contribution >= 0.6 is 0 Å². The fourth-order valence-electron chi connectivity index (χ4n) is 2.36. The van der Waals surface area contributed by atoms with Crippen LogP contribution in [0.5, 0.6) is 0 Å². The van der Waals surface area contributed by atoms with Crippen molar-refractivity contribution in [2.75, 3.05) is 45.2 Å². The van der Waals surface area contributed by atoms with Gasteiger partial charge in [0.2, 0.25) is 0 Å². The van der Waals surface area contributed by atoms with Crippen molar-refractivity contribution in [3.8, 4) is 0 Å². The number of anilines is 1. The lowest BCUT2D eigenvalue weighted by Gasteiger charge is -2.34. The lowest BCUT2D eigenvalue weighted by atomic mass is 10.2. The Balaban J connectivity index is 2.32. The van der Waals surface area contributed by atoms with Crippen LogP contribution in [-0.4, -0.2) is 60.2 Å². The molecule has 0 unspecified atom stereocenters. The first-order chi connectivity index (χ1) is 9.15. The molecule has 0 aromatic carbocycles. The van der Waals surface area contributed by atoms with Gasteiger partial charge in [0, 0.05) is 37.4 Å². The van der Waals surface area contributed by atoms with Gasteiger partial charge in [0.25, 0.3) is 0 Å². The monoisotopic (exact) mass is 264 g/mol. The Hall–Kier alpha value is -1.24. The second-order valence-electron chi connectivity index (χ2n) is 4.94. The Labute approximate surface area is 114 Å². The summed E-state index contributed by atoms with van der Waals surface area (Å²) < 4.78 is 0. The second-order valence-corrected chi connectivity index (χ2v) is 4.94. The predicted octanol–water partition coefficient (Wildman–Crippen LogP) is 0.533. The predicted molar refractivity (Wildman–Crippen MR) is 75.4 cm³/mol. The van der Waals surface area contributed by atoms with E-state index in [0.29, 0.717) is 6.54 Å². The van der Waals surface area contributed by atoms with Gasteiger partial charge >= 0.3 is 0 Å². The summed E-state index contributed by atoms with van der Waals surface area (Å²) in [6.45, 7) is 6.28. The molecule has 19 heavy (non-hydrogen) atoms. The lowest BCUT2D eigenvalue weighted by Crippen LogP contribution is -2.45. The maximum Gasteiger partial charge on any atom is 0.138 e. The van der Waals surface area contributed by atoms with Gasteiger partial charge in [0.05, 0.1) is 6.61 Å². The molecule has 0 radical (unpaired) electrons. The van der Waals surface area contributed by atoms with Crippen molar-refractivity contribution in [2.45, 2.75) is 20.1 Å². The van der Waals surface area contributed by atoms with Crippen molar-refractivity contribution in [3.63, 3.8) is 0 Å². The van der Waals surface area contributed by atoms with Gasteiger partial charge in [-0.3, -0.25) is 0 Å². The third-order valence-electron chi connectivity index (χ3n) is 3.45. The standard InChI is InChI=1S/C13H22N5O/c1-10-15-12(8-14-2)11(9-19)13(16-10)18-6-4-17(3)5-7-18/h19H,4-9H2,1-3H3/q-1. The zero-order chi connectivity index (χ0) is 13.8. The van der Waals surface area contributed by atoms with Crippen LogP contribution in [-0.2, 0) is 13.2 Å². The van der Waals surface area contributed by atoms with Crippen LogP contribution in [0.25, 0.3) is 5.32 Å². The van der Waals surface area contributed by atoms with Gasteiger partial charge in [0.15, 0.2) is 0 Å². The van der Waals surface area contributed by atoms with Gasteiger partial charge in [-0.2, -0.15) is 7.05 Å². The molecule has 0 spiro atoms. The number of rotatable bonds is 4. The molecule has 0 saturated carbocycles. The average molecular weight is 264 g/mol. The van der Waals surface area contributed by atoms with Crippen LogP contribution in [0, 0.1) is 6.92 Å². The number of piperazine rings is 1. The van der Waals surface area contributed by atoms with E-state index in [-0.39, 0.29) is 6.61 Å². The zero-order valence-electron chi connectivity index (χ0n) is 11.9. The molecule has 6 nitrogen and oxygen atoms in total. The molecule has 2 rings (SSSR count). The van der Waals surface area contributed by atoms with Gasteiger partial charge in [-0.1, -0.05) is 0 Å². The summed E-state index contributed by atoms with van der Waals surface area (Å²) in [6, 6.07) is 0. The van der Waals surface area contributed by atoms with E-state index >= 15 is 0 Å². The van der Waals surface area contributed by atoms with Crippen LogP contribution in [0.15, 0.2) is 0 Å². The molecule has 106 valence electrons. The molecular formula is C13H22N5O-. The van der Waals surface area contributed by atoms with Crippen LogP contribution in [0.3, 0.4) is 0 Å². The third kappa shape index (κ3) is 3.20. The first-order valence-electron chi connectivity index (χ1n) is 6.62. The molecule has 1 saturated heterocycles. The smallest absolute Gasteiger partial charge is 0.138 e. The highest BCUT2D eigenvalue weighted by atomic mass is 16.3. The largest absolute Gasteiger partial charge is 0.660 e. The second kappa shape index (κ2) is 6.27. The molecule has 1 N–H and O–H groups in total. The molecule has 1 aliphatic heterocycles. The third-order valence-corrected chi connectivity index (χ3v) is 3.45. The molecule has 6 heteroatoms. The molecule has 0 atom stereocenters. The number of aliphatic hydroxyl groups is 1. The molecule has 1 aromatic rings. The maximum absolute atomic E-state index is 9.64. The quantitative estimate of drug-likeness (QED) is 0.859. The Kier molecular flexibility index (Phi) is 4.68. The number of likely N-dealkylation sites (N-methyl/N-ethyl adjacent to an activating group) is 1. The highest BCUT2D eigenvalue weighted by molar-refractivity contribution is 5.50. The molecule has 1 aliphatic rings. The van der Waals surface area contributed by atoms with Crippen molar-refractivity contribution in [3.05, 3.63) is 22.4 Å². The average Bonchev–Trinajstić information content (AvgIpc) is 2.39. The molecule has 0 bridgehead atoms. The molecule has 2 heterocycles. The van der Waals surface area contributed by atoms with Gasteiger partial charge in [-0.25, -0.2) is 9.97 Å². The molecular weight excluding hydrogens is 242 g/mol. The molecule has 0 amide bonds. The van der Waals surface area contributed by atoms with E-state index in [2.05, 4.69) is 32.1 Å². The van der Waals surface area contributed by atoms with Crippen molar-refractivity contribution < 1.29 is 5.11 Å². The minimum absolute atomic E-state index is 0.0349. The van der Waals surface area contributed by atoms with E-state index < -0.39 is 0 Å². The first-order valence-corrected chi connectivity index (χ1v) is 6.62.